The van der Waals surface area contributed by atoms with Gasteiger partial charge >= 0.3 is 0 Å². The highest BCUT2D eigenvalue weighted by Gasteiger charge is 2.02. The lowest BCUT2D eigenvalue weighted by atomic mass is 10.1. The molecule has 0 heterocycles. The van der Waals surface area contributed by atoms with E-state index < -0.39 is 6.10 Å². The molecule has 0 aliphatic carbocycles. The van der Waals surface area contributed by atoms with Crippen molar-refractivity contribution in [1.82, 2.24) is 0 Å². The Balaban J connectivity index is 2.66. The van der Waals surface area contributed by atoms with E-state index in [2.05, 4.69) is 0 Å². The summed E-state index contributed by atoms with van der Waals surface area (Å²) in [7, 11) is 0. The maximum Gasteiger partial charge on any atom is 0.144 e. The molecule has 0 radical (unpaired) electrons. The molecule has 0 bridgehead atoms. The summed E-state index contributed by atoms with van der Waals surface area (Å²) >= 11 is 0. The number of rotatable bonds is 2. The predicted octanol–water partition coefficient (Wildman–Crippen LogP) is 1.25. The zero-order valence-corrected chi connectivity index (χ0v) is 6.37. The van der Waals surface area contributed by atoms with Crippen molar-refractivity contribution < 1.29 is 9.50 Å². The van der Waals surface area contributed by atoms with Crippen molar-refractivity contribution >= 4 is 0 Å². The van der Waals surface area contributed by atoms with Crippen LogP contribution in [-0.4, -0.2) is 11.2 Å². The van der Waals surface area contributed by atoms with Crippen LogP contribution < -0.4 is 0 Å². The Morgan fingerprint density at radius 1 is 1.42 bits per heavy atom. The van der Waals surface area contributed by atoms with Crippen molar-refractivity contribution in [2.75, 3.05) is 0 Å². The molecule has 1 aromatic carbocycles. The number of benzene rings is 1. The Kier molecular flexibility index (Phi) is 2.78. The number of nitrogens with zero attached hydrogens (tertiary/aromatic N) is 1. The van der Waals surface area contributed by atoms with Crippen molar-refractivity contribution in [3.8, 4) is 6.07 Å². The maximum absolute atomic E-state index is 12.4. The minimum atomic E-state index is -1.00. The van der Waals surface area contributed by atoms with Gasteiger partial charge in [-0.25, -0.2) is 4.39 Å². The third kappa shape index (κ3) is 2.33. The van der Waals surface area contributed by atoms with Crippen LogP contribution in [0, 0.1) is 17.1 Å². The predicted molar refractivity (Wildman–Crippen MR) is 41.7 cm³/mol. The molecule has 62 valence electrons. The van der Waals surface area contributed by atoms with Crippen LogP contribution in [0.3, 0.4) is 0 Å². The molecule has 0 saturated carbocycles. The Bertz CT molecular complexity index is 288. The van der Waals surface area contributed by atoms with E-state index in [1.54, 1.807) is 18.2 Å². The Morgan fingerprint density at radius 3 is 2.50 bits per heavy atom. The third-order valence-electron chi connectivity index (χ3n) is 1.49. The first-order valence-electron chi connectivity index (χ1n) is 3.54. The number of aliphatic hydroxyl groups is 1. The molecule has 0 aromatic heterocycles. The summed E-state index contributed by atoms with van der Waals surface area (Å²) in [6, 6.07) is 7.40. The molecule has 0 aliphatic heterocycles. The highest BCUT2D eigenvalue weighted by Crippen LogP contribution is 2.05. The van der Waals surface area contributed by atoms with Gasteiger partial charge in [-0.2, -0.15) is 5.26 Å². The molecule has 1 N–H and O–H groups in total. The lowest BCUT2D eigenvalue weighted by Crippen LogP contribution is -2.06. The van der Waals surface area contributed by atoms with Crippen LogP contribution >= 0.6 is 0 Å². The molecule has 3 heteroatoms. The van der Waals surface area contributed by atoms with E-state index in [0.717, 1.165) is 5.56 Å². The summed E-state index contributed by atoms with van der Waals surface area (Å²) in [5.41, 5.74) is 0.755. The number of aliphatic hydroxyl groups excluding tert-OH is 1. The smallest absolute Gasteiger partial charge is 0.144 e. The van der Waals surface area contributed by atoms with Gasteiger partial charge in [0.1, 0.15) is 11.9 Å². The van der Waals surface area contributed by atoms with E-state index in [1.165, 1.54) is 12.1 Å². The van der Waals surface area contributed by atoms with Crippen LogP contribution in [-0.2, 0) is 6.42 Å². The van der Waals surface area contributed by atoms with E-state index in [4.69, 9.17) is 10.4 Å². The fourth-order valence-corrected chi connectivity index (χ4v) is 0.889. The molecule has 1 rings (SSSR count). The second-order valence-corrected chi connectivity index (χ2v) is 2.48. The van der Waals surface area contributed by atoms with Gasteiger partial charge < -0.3 is 5.11 Å². The molecular formula is C9H8FNO. The van der Waals surface area contributed by atoms with Gasteiger partial charge in [-0.15, -0.1) is 0 Å². The summed E-state index contributed by atoms with van der Waals surface area (Å²) in [5.74, 6) is -0.315. The molecule has 0 amide bonds. The second kappa shape index (κ2) is 3.84. The average Bonchev–Trinajstić information content (AvgIpc) is 2.09. The van der Waals surface area contributed by atoms with Gasteiger partial charge in [-0.3, -0.25) is 0 Å². The molecule has 0 unspecified atom stereocenters. The molecule has 2 nitrogen and oxygen atoms in total. The summed E-state index contributed by atoms with van der Waals surface area (Å²) in [6.45, 7) is 0. The van der Waals surface area contributed by atoms with Gasteiger partial charge in [0.15, 0.2) is 0 Å². The number of hydrogen-bond acceptors (Lipinski definition) is 2. The van der Waals surface area contributed by atoms with Crippen molar-refractivity contribution in [3.05, 3.63) is 35.6 Å². The quantitative estimate of drug-likeness (QED) is 0.670. The highest BCUT2D eigenvalue weighted by molar-refractivity contribution is 5.17. The number of halogens is 1. The van der Waals surface area contributed by atoms with Crippen molar-refractivity contribution in [3.63, 3.8) is 0 Å². The third-order valence-corrected chi connectivity index (χ3v) is 1.49. The zero-order chi connectivity index (χ0) is 8.97. The molecule has 0 spiro atoms. The SMILES string of the molecule is N#C[C@@H](O)Cc1ccc(F)cc1. The topological polar surface area (TPSA) is 44.0 Å². The van der Waals surface area contributed by atoms with E-state index >= 15 is 0 Å². The first-order valence-corrected chi connectivity index (χ1v) is 3.54. The van der Waals surface area contributed by atoms with E-state index in [0.29, 0.717) is 0 Å². The molecule has 0 aliphatic rings. The normalized spacial score (nSPS) is 12.1. The number of nitriles is 1. The Hall–Kier alpha value is -1.40. The maximum atomic E-state index is 12.4. The standard InChI is InChI=1S/C9H8FNO/c10-8-3-1-7(2-4-8)5-9(12)6-11/h1-4,9,12H,5H2/t9-/m0/s1. The van der Waals surface area contributed by atoms with Crippen molar-refractivity contribution in [2.24, 2.45) is 0 Å². The Morgan fingerprint density at radius 2 is 2.00 bits per heavy atom. The van der Waals surface area contributed by atoms with E-state index in [-0.39, 0.29) is 12.2 Å². The lowest BCUT2D eigenvalue weighted by Gasteiger charge is -2.00. The lowest BCUT2D eigenvalue weighted by molar-refractivity contribution is 0.231. The molecule has 0 fully saturated rings. The monoisotopic (exact) mass is 165 g/mol. The average molecular weight is 165 g/mol. The van der Waals surface area contributed by atoms with Crippen molar-refractivity contribution in [2.45, 2.75) is 12.5 Å². The van der Waals surface area contributed by atoms with Crippen LogP contribution in [0.1, 0.15) is 5.56 Å². The Labute approximate surface area is 69.9 Å². The van der Waals surface area contributed by atoms with Gasteiger partial charge in [-0.1, -0.05) is 12.1 Å². The van der Waals surface area contributed by atoms with Crippen LogP contribution in [0.4, 0.5) is 4.39 Å². The molecular weight excluding hydrogens is 157 g/mol. The summed E-state index contributed by atoms with van der Waals surface area (Å²) in [5, 5.41) is 17.2. The molecule has 1 atom stereocenters. The van der Waals surface area contributed by atoms with Gasteiger partial charge in [0, 0.05) is 6.42 Å². The highest BCUT2D eigenvalue weighted by atomic mass is 19.1. The van der Waals surface area contributed by atoms with E-state index in [9.17, 15) is 4.39 Å². The van der Waals surface area contributed by atoms with Crippen LogP contribution in [0.5, 0.6) is 0 Å². The second-order valence-electron chi connectivity index (χ2n) is 2.48. The molecule has 12 heavy (non-hydrogen) atoms. The minimum absolute atomic E-state index is 0.247. The van der Waals surface area contributed by atoms with Gasteiger partial charge in [0.05, 0.1) is 6.07 Å². The fraction of sp³-hybridized carbons (Fsp3) is 0.222. The first kappa shape index (κ1) is 8.69. The van der Waals surface area contributed by atoms with Gasteiger partial charge in [0.2, 0.25) is 0 Å². The zero-order valence-electron chi connectivity index (χ0n) is 6.37. The number of hydrogen-bond donors (Lipinski definition) is 1. The van der Waals surface area contributed by atoms with Crippen LogP contribution in [0.15, 0.2) is 24.3 Å². The molecule has 1 aromatic rings. The molecule has 0 saturated heterocycles. The first-order chi connectivity index (χ1) is 5.72. The summed E-state index contributed by atoms with van der Waals surface area (Å²) in [4.78, 5) is 0. The van der Waals surface area contributed by atoms with Crippen LogP contribution in [0.2, 0.25) is 0 Å². The fourth-order valence-electron chi connectivity index (χ4n) is 0.889. The van der Waals surface area contributed by atoms with Gasteiger partial charge in [0.25, 0.3) is 0 Å². The van der Waals surface area contributed by atoms with E-state index in [1.807, 2.05) is 0 Å². The summed E-state index contributed by atoms with van der Waals surface area (Å²) < 4.78 is 12.4. The van der Waals surface area contributed by atoms with Crippen LogP contribution in [0.25, 0.3) is 0 Å². The minimum Gasteiger partial charge on any atom is -0.378 e. The van der Waals surface area contributed by atoms with Gasteiger partial charge in [-0.05, 0) is 17.7 Å². The van der Waals surface area contributed by atoms with Crippen molar-refractivity contribution in [1.29, 1.82) is 5.26 Å². The summed E-state index contributed by atoms with van der Waals surface area (Å²) in [6.07, 6.45) is -0.757. The largest absolute Gasteiger partial charge is 0.378 e.